The van der Waals surface area contributed by atoms with Crippen LogP contribution in [-0.4, -0.2) is 29.1 Å². The van der Waals surface area contributed by atoms with Gasteiger partial charge in [0.2, 0.25) is 5.89 Å². The predicted molar refractivity (Wildman–Crippen MR) is 63.1 cm³/mol. The molecule has 2 fully saturated rings. The van der Waals surface area contributed by atoms with Gasteiger partial charge < -0.3 is 9.26 Å². The van der Waals surface area contributed by atoms with Gasteiger partial charge in [0.05, 0.1) is 13.0 Å². The van der Waals surface area contributed by atoms with Gasteiger partial charge in [0.25, 0.3) is 0 Å². The van der Waals surface area contributed by atoms with Crippen LogP contribution >= 0.6 is 0 Å². The van der Waals surface area contributed by atoms with E-state index in [1.54, 1.807) is 0 Å². The van der Waals surface area contributed by atoms with Crippen molar-refractivity contribution in [3.8, 4) is 0 Å². The minimum Gasteiger partial charge on any atom is -0.381 e. The summed E-state index contributed by atoms with van der Waals surface area (Å²) in [6, 6.07) is 0. The lowest BCUT2D eigenvalue weighted by Crippen LogP contribution is -2.13. The molecule has 1 aliphatic carbocycles. The standard InChI is InChI=1S/C13H18N2O3/c16-11(9-3-1-2-4-9)7-12-14-13(15-18-12)10-5-6-17-8-10/h9-10H,1-8H2. The van der Waals surface area contributed by atoms with Crippen molar-refractivity contribution in [2.24, 2.45) is 5.92 Å². The zero-order valence-corrected chi connectivity index (χ0v) is 10.4. The summed E-state index contributed by atoms with van der Waals surface area (Å²) in [5.41, 5.74) is 0. The van der Waals surface area contributed by atoms with E-state index in [4.69, 9.17) is 9.26 Å². The fourth-order valence-electron chi connectivity index (χ4n) is 2.78. The summed E-state index contributed by atoms with van der Waals surface area (Å²) >= 11 is 0. The zero-order valence-electron chi connectivity index (χ0n) is 10.4. The maximum atomic E-state index is 12.0. The van der Waals surface area contributed by atoms with Crippen LogP contribution in [0.15, 0.2) is 4.52 Å². The van der Waals surface area contributed by atoms with Crippen LogP contribution in [-0.2, 0) is 16.0 Å². The van der Waals surface area contributed by atoms with Gasteiger partial charge in [0.1, 0.15) is 5.78 Å². The third-order valence-electron chi connectivity index (χ3n) is 3.91. The summed E-state index contributed by atoms with van der Waals surface area (Å²) in [5, 5.41) is 3.96. The molecule has 1 aromatic heterocycles. The van der Waals surface area contributed by atoms with E-state index >= 15 is 0 Å². The van der Waals surface area contributed by atoms with Gasteiger partial charge in [-0.05, 0) is 19.3 Å². The number of carbonyl (C=O) groups is 1. The Hall–Kier alpha value is -1.23. The Kier molecular flexibility index (Phi) is 3.41. The van der Waals surface area contributed by atoms with E-state index in [0.717, 1.165) is 25.9 Å². The number of ketones is 1. The van der Waals surface area contributed by atoms with E-state index < -0.39 is 0 Å². The molecular weight excluding hydrogens is 232 g/mol. The molecule has 1 saturated heterocycles. The van der Waals surface area contributed by atoms with Crippen molar-refractivity contribution in [2.45, 2.75) is 44.4 Å². The molecule has 0 spiro atoms. The molecule has 1 aliphatic heterocycles. The molecule has 18 heavy (non-hydrogen) atoms. The number of nitrogens with zero attached hydrogens (tertiary/aromatic N) is 2. The lowest BCUT2D eigenvalue weighted by molar-refractivity contribution is -0.122. The van der Waals surface area contributed by atoms with Crippen LogP contribution in [0.4, 0.5) is 0 Å². The van der Waals surface area contributed by atoms with Crippen LogP contribution in [0.5, 0.6) is 0 Å². The SMILES string of the molecule is O=C(Cc1nc(C2CCOC2)no1)C1CCCC1. The maximum absolute atomic E-state index is 12.0. The third-order valence-corrected chi connectivity index (χ3v) is 3.91. The average molecular weight is 250 g/mol. The first-order valence-corrected chi connectivity index (χ1v) is 6.76. The minimum absolute atomic E-state index is 0.218. The monoisotopic (exact) mass is 250 g/mol. The van der Waals surface area contributed by atoms with Crippen molar-refractivity contribution >= 4 is 5.78 Å². The summed E-state index contributed by atoms with van der Waals surface area (Å²) in [6.07, 6.45) is 5.63. The normalized spacial score (nSPS) is 24.8. The first kappa shape index (κ1) is 11.8. The average Bonchev–Trinajstić information content (AvgIpc) is 3.12. The van der Waals surface area contributed by atoms with Crippen LogP contribution in [0.2, 0.25) is 0 Å². The highest BCUT2D eigenvalue weighted by Gasteiger charge is 2.26. The Labute approximate surface area is 106 Å². The van der Waals surface area contributed by atoms with Crippen LogP contribution < -0.4 is 0 Å². The zero-order chi connectivity index (χ0) is 12.4. The highest BCUT2D eigenvalue weighted by Crippen LogP contribution is 2.27. The first-order chi connectivity index (χ1) is 8.83. The Morgan fingerprint density at radius 3 is 2.83 bits per heavy atom. The molecule has 1 aromatic rings. The van der Waals surface area contributed by atoms with Gasteiger partial charge >= 0.3 is 0 Å². The quantitative estimate of drug-likeness (QED) is 0.816. The molecule has 2 heterocycles. The lowest BCUT2D eigenvalue weighted by atomic mass is 10.0. The molecule has 5 heteroatoms. The molecule has 0 amide bonds. The minimum atomic E-state index is 0.218. The predicted octanol–water partition coefficient (Wildman–Crippen LogP) is 1.88. The van der Waals surface area contributed by atoms with Gasteiger partial charge in [-0.1, -0.05) is 18.0 Å². The van der Waals surface area contributed by atoms with Crippen molar-refractivity contribution in [1.29, 1.82) is 0 Å². The van der Waals surface area contributed by atoms with Crippen molar-refractivity contribution in [1.82, 2.24) is 10.1 Å². The highest BCUT2D eigenvalue weighted by atomic mass is 16.5. The fraction of sp³-hybridized carbons (Fsp3) is 0.769. The van der Waals surface area contributed by atoms with Crippen LogP contribution in [0.25, 0.3) is 0 Å². The number of hydrogen-bond acceptors (Lipinski definition) is 5. The molecule has 98 valence electrons. The topological polar surface area (TPSA) is 65.2 Å². The summed E-state index contributed by atoms with van der Waals surface area (Å²) in [6.45, 7) is 1.42. The van der Waals surface area contributed by atoms with Crippen molar-refractivity contribution < 1.29 is 14.1 Å². The number of ether oxygens (including phenoxy) is 1. The van der Waals surface area contributed by atoms with E-state index in [9.17, 15) is 4.79 Å². The van der Waals surface area contributed by atoms with Crippen molar-refractivity contribution in [2.75, 3.05) is 13.2 Å². The molecule has 5 nitrogen and oxygen atoms in total. The van der Waals surface area contributed by atoms with Gasteiger partial charge in [-0.15, -0.1) is 0 Å². The van der Waals surface area contributed by atoms with E-state index in [1.807, 2.05) is 0 Å². The maximum Gasteiger partial charge on any atom is 0.234 e. The molecule has 2 aliphatic rings. The summed E-state index contributed by atoms with van der Waals surface area (Å²) in [4.78, 5) is 16.3. The third kappa shape index (κ3) is 2.46. The molecule has 1 atom stereocenters. The van der Waals surface area contributed by atoms with E-state index in [2.05, 4.69) is 10.1 Å². The lowest BCUT2D eigenvalue weighted by Gasteiger charge is -2.04. The van der Waals surface area contributed by atoms with Crippen LogP contribution in [0.1, 0.15) is 49.7 Å². The second kappa shape index (κ2) is 5.18. The van der Waals surface area contributed by atoms with Gasteiger partial charge in [0, 0.05) is 18.4 Å². The van der Waals surface area contributed by atoms with Gasteiger partial charge in [-0.25, -0.2) is 0 Å². The molecule has 0 radical (unpaired) electrons. The second-order valence-corrected chi connectivity index (χ2v) is 5.23. The number of aromatic nitrogens is 2. The van der Waals surface area contributed by atoms with Crippen molar-refractivity contribution in [3.63, 3.8) is 0 Å². The fourth-order valence-corrected chi connectivity index (χ4v) is 2.78. The molecule has 1 saturated carbocycles. The van der Waals surface area contributed by atoms with Crippen LogP contribution in [0, 0.1) is 5.92 Å². The Balaban J connectivity index is 1.60. The van der Waals surface area contributed by atoms with Crippen molar-refractivity contribution in [3.05, 3.63) is 11.7 Å². The largest absolute Gasteiger partial charge is 0.381 e. The van der Waals surface area contributed by atoms with E-state index in [0.29, 0.717) is 24.7 Å². The van der Waals surface area contributed by atoms with Gasteiger partial charge in [0.15, 0.2) is 5.82 Å². The van der Waals surface area contributed by atoms with E-state index in [-0.39, 0.29) is 17.6 Å². The molecule has 0 N–H and O–H groups in total. The first-order valence-electron chi connectivity index (χ1n) is 6.76. The number of Topliss-reactive ketones (excluding diaryl/α,β-unsaturated/α-hetero) is 1. The Bertz CT molecular complexity index is 418. The van der Waals surface area contributed by atoms with E-state index in [1.165, 1.54) is 12.8 Å². The second-order valence-electron chi connectivity index (χ2n) is 5.23. The Morgan fingerprint density at radius 1 is 1.28 bits per heavy atom. The van der Waals surface area contributed by atoms with Gasteiger partial charge in [-0.2, -0.15) is 4.98 Å². The summed E-state index contributed by atoms with van der Waals surface area (Å²) in [7, 11) is 0. The Morgan fingerprint density at radius 2 is 2.11 bits per heavy atom. The summed E-state index contributed by atoms with van der Waals surface area (Å²) < 4.78 is 10.5. The molecule has 3 rings (SSSR count). The molecule has 0 bridgehead atoms. The molecular formula is C13H18N2O3. The smallest absolute Gasteiger partial charge is 0.234 e. The van der Waals surface area contributed by atoms with Gasteiger partial charge in [-0.3, -0.25) is 4.79 Å². The molecule has 0 aromatic carbocycles. The van der Waals surface area contributed by atoms with Crippen LogP contribution in [0.3, 0.4) is 0 Å². The molecule has 1 unspecified atom stereocenters. The highest BCUT2D eigenvalue weighted by molar-refractivity contribution is 5.82. The number of rotatable bonds is 4. The summed E-state index contributed by atoms with van der Waals surface area (Å²) in [5.74, 6) is 1.88. The number of carbonyl (C=O) groups excluding carboxylic acids is 1. The number of hydrogen-bond donors (Lipinski definition) is 0.